The quantitative estimate of drug-likeness (QED) is 0.453. The van der Waals surface area contributed by atoms with Crippen molar-refractivity contribution in [3.8, 4) is 17.0 Å². The van der Waals surface area contributed by atoms with Crippen LogP contribution in [0.2, 0.25) is 0 Å². The van der Waals surface area contributed by atoms with E-state index < -0.39 is 0 Å². The number of benzene rings is 1. The van der Waals surface area contributed by atoms with E-state index in [0.717, 1.165) is 39.7 Å². The van der Waals surface area contributed by atoms with Crippen molar-refractivity contribution in [1.29, 1.82) is 0 Å². The topological polar surface area (TPSA) is 69.3 Å². The van der Waals surface area contributed by atoms with Crippen LogP contribution in [0.3, 0.4) is 0 Å². The number of rotatable bonds is 7. The number of hydrogen-bond acceptors (Lipinski definition) is 5. The zero-order valence-corrected chi connectivity index (χ0v) is 18.0. The molecule has 3 aromatic heterocycles. The number of nitrogens with one attached hydrogen (secondary N) is 1. The van der Waals surface area contributed by atoms with Crippen LogP contribution in [-0.4, -0.2) is 22.6 Å². The van der Waals surface area contributed by atoms with Crippen molar-refractivity contribution >= 4 is 22.4 Å². The van der Waals surface area contributed by atoms with E-state index in [1.54, 1.807) is 13.4 Å². The van der Waals surface area contributed by atoms with Gasteiger partial charge in [0.25, 0.3) is 0 Å². The van der Waals surface area contributed by atoms with Crippen molar-refractivity contribution in [3.05, 3.63) is 76.8 Å². The van der Waals surface area contributed by atoms with Crippen LogP contribution in [0.25, 0.3) is 11.3 Å². The van der Waals surface area contributed by atoms with Crippen molar-refractivity contribution in [2.75, 3.05) is 12.4 Å². The Morgan fingerprint density at radius 3 is 2.73 bits per heavy atom. The Kier molecular flexibility index (Phi) is 5.72. The second-order valence-corrected chi connectivity index (χ2v) is 7.92. The van der Waals surface area contributed by atoms with Crippen LogP contribution < -0.4 is 10.1 Å². The molecule has 0 saturated heterocycles. The molecule has 0 unspecified atom stereocenters. The lowest BCUT2D eigenvalue weighted by Crippen LogP contribution is -2.14. The standard InChI is InChI=1S/C23H23N3O3S/c1-15-11-20(16(2)26(15)13-19-5-4-10-29-19)21-14-30-23(24-21)25-22(27)12-17-6-8-18(28-3)9-7-17/h4-11,14H,12-13H2,1-3H3,(H,24,25,27). The van der Waals surface area contributed by atoms with Gasteiger partial charge >= 0.3 is 0 Å². The van der Waals surface area contributed by atoms with Gasteiger partial charge < -0.3 is 19.0 Å². The highest BCUT2D eigenvalue weighted by molar-refractivity contribution is 7.14. The first-order chi connectivity index (χ1) is 14.5. The van der Waals surface area contributed by atoms with Gasteiger partial charge in [-0.25, -0.2) is 4.98 Å². The van der Waals surface area contributed by atoms with Crippen LogP contribution in [0.15, 0.2) is 58.5 Å². The van der Waals surface area contributed by atoms with Gasteiger partial charge in [-0.3, -0.25) is 4.79 Å². The third-order valence-electron chi connectivity index (χ3n) is 5.02. The molecule has 0 radical (unpaired) electrons. The van der Waals surface area contributed by atoms with Gasteiger partial charge in [-0.15, -0.1) is 11.3 Å². The average Bonchev–Trinajstić information content (AvgIpc) is 3.47. The van der Waals surface area contributed by atoms with Crippen LogP contribution in [-0.2, 0) is 17.8 Å². The summed E-state index contributed by atoms with van der Waals surface area (Å²) in [6.07, 6.45) is 1.97. The van der Waals surface area contributed by atoms with Gasteiger partial charge in [0.15, 0.2) is 5.13 Å². The molecule has 4 rings (SSSR count). The molecule has 0 aliphatic rings. The fourth-order valence-electron chi connectivity index (χ4n) is 3.41. The molecule has 7 heteroatoms. The van der Waals surface area contributed by atoms with E-state index in [4.69, 9.17) is 9.15 Å². The minimum atomic E-state index is -0.0932. The maximum Gasteiger partial charge on any atom is 0.230 e. The Bertz CT molecular complexity index is 1140. The average molecular weight is 422 g/mol. The second kappa shape index (κ2) is 8.59. The summed E-state index contributed by atoms with van der Waals surface area (Å²) >= 11 is 1.43. The number of anilines is 1. The Labute approximate surface area is 179 Å². The molecular formula is C23H23N3O3S. The Hall–Kier alpha value is -3.32. The number of ether oxygens (including phenoxy) is 1. The van der Waals surface area contributed by atoms with E-state index >= 15 is 0 Å². The van der Waals surface area contributed by atoms with E-state index in [-0.39, 0.29) is 12.3 Å². The molecule has 30 heavy (non-hydrogen) atoms. The van der Waals surface area contributed by atoms with Gasteiger partial charge in [0.1, 0.15) is 11.5 Å². The number of amides is 1. The van der Waals surface area contributed by atoms with Gasteiger partial charge in [-0.1, -0.05) is 12.1 Å². The largest absolute Gasteiger partial charge is 0.497 e. The van der Waals surface area contributed by atoms with Crippen LogP contribution >= 0.6 is 11.3 Å². The lowest BCUT2D eigenvalue weighted by molar-refractivity contribution is -0.115. The van der Waals surface area contributed by atoms with Crippen molar-refractivity contribution in [3.63, 3.8) is 0 Å². The van der Waals surface area contributed by atoms with E-state index in [1.165, 1.54) is 11.3 Å². The molecule has 3 heterocycles. The summed E-state index contributed by atoms with van der Waals surface area (Å²) < 4.78 is 12.8. The van der Waals surface area contributed by atoms with Crippen LogP contribution in [0.4, 0.5) is 5.13 Å². The first-order valence-electron chi connectivity index (χ1n) is 9.61. The number of hydrogen-bond donors (Lipinski definition) is 1. The summed E-state index contributed by atoms with van der Waals surface area (Å²) in [6, 6.07) is 13.5. The number of nitrogens with zero attached hydrogens (tertiary/aromatic N) is 2. The third kappa shape index (κ3) is 4.31. The van der Waals surface area contributed by atoms with Gasteiger partial charge in [-0.2, -0.15) is 0 Å². The smallest absolute Gasteiger partial charge is 0.230 e. The molecule has 4 aromatic rings. The zero-order valence-electron chi connectivity index (χ0n) is 17.1. The number of carbonyl (C=O) groups is 1. The monoisotopic (exact) mass is 421 g/mol. The Morgan fingerprint density at radius 1 is 1.23 bits per heavy atom. The van der Waals surface area contributed by atoms with Gasteiger partial charge in [0.2, 0.25) is 5.91 Å². The van der Waals surface area contributed by atoms with Crippen molar-refractivity contribution < 1.29 is 13.9 Å². The number of aryl methyl sites for hydroxylation is 1. The summed E-state index contributed by atoms with van der Waals surface area (Å²) in [4.78, 5) is 17.0. The van der Waals surface area contributed by atoms with Crippen LogP contribution in [0.5, 0.6) is 5.75 Å². The summed E-state index contributed by atoms with van der Waals surface area (Å²) in [5.41, 5.74) is 5.10. The molecule has 6 nitrogen and oxygen atoms in total. The van der Waals surface area contributed by atoms with Gasteiger partial charge in [0.05, 0.1) is 32.0 Å². The Balaban J connectivity index is 1.45. The molecule has 0 atom stereocenters. The predicted octanol–water partition coefficient (Wildman–Crippen LogP) is 5.06. The molecule has 0 aliphatic heterocycles. The molecule has 154 valence electrons. The highest BCUT2D eigenvalue weighted by atomic mass is 32.1. The third-order valence-corrected chi connectivity index (χ3v) is 5.78. The van der Waals surface area contributed by atoms with Crippen LogP contribution in [0, 0.1) is 13.8 Å². The van der Waals surface area contributed by atoms with Crippen molar-refractivity contribution in [2.45, 2.75) is 26.8 Å². The number of furan rings is 1. The van der Waals surface area contributed by atoms with E-state index in [0.29, 0.717) is 11.7 Å². The second-order valence-electron chi connectivity index (χ2n) is 7.06. The number of carbonyl (C=O) groups excluding carboxylic acids is 1. The summed E-state index contributed by atoms with van der Waals surface area (Å²) in [5, 5.41) is 5.47. The summed E-state index contributed by atoms with van der Waals surface area (Å²) in [6.45, 7) is 4.83. The summed E-state index contributed by atoms with van der Waals surface area (Å²) in [5.74, 6) is 1.59. The van der Waals surface area contributed by atoms with Crippen LogP contribution in [0.1, 0.15) is 22.7 Å². The molecule has 1 aromatic carbocycles. The van der Waals surface area contributed by atoms with Gasteiger partial charge in [0, 0.05) is 22.3 Å². The lowest BCUT2D eigenvalue weighted by atomic mass is 10.1. The lowest BCUT2D eigenvalue weighted by Gasteiger charge is -2.07. The normalized spacial score (nSPS) is 10.9. The maximum absolute atomic E-state index is 12.4. The SMILES string of the molecule is COc1ccc(CC(=O)Nc2nc(-c3cc(C)n(Cc4ccco4)c3C)cs2)cc1. The highest BCUT2D eigenvalue weighted by Gasteiger charge is 2.15. The molecule has 1 amide bonds. The van der Waals surface area contributed by atoms with E-state index in [1.807, 2.05) is 41.8 Å². The molecular weight excluding hydrogens is 398 g/mol. The maximum atomic E-state index is 12.4. The fourth-order valence-corrected chi connectivity index (χ4v) is 4.14. The molecule has 0 spiro atoms. The van der Waals surface area contributed by atoms with E-state index in [2.05, 4.69) is 34.8 Å². The number of aromatic nitrogens is 2. The molecule has 0 fully saturated rings. The molecule has 0 saturated carbocycles. The first kappa shape index (κ1) is 20.0. The number of thiazole rings is 1. The fraction of sp³-hybridized carbons (Fsp3) is 0.217. The van der Waals surface area contributed by atoms with Gasteiger partial charge in [-0.05, 0) is 49.7 Å². The predicted molar refractivity (Wildman–Crippen MR) is 118 cm³/mol. The zero-order chi connectivity index (χ0) is 21.1. The molecule has 0 bridgehead atoms. The minimum absolute atomic E-state index is 0.0932. The van der Waals surface area contributed by atoms with Crippen molar-refractivity contribution in [1.82, 2.24) is 9.55 Å². The first-order valence-corrected chi connectivity index (χ1v) is 10.5. The summed E-state index contributed by atoms with van der Waals surface area (Å²) in [7, 11) is 1.62. The highest BCUT2D eigenvalue weighted by Crippen LogP contribution is 2.30. The number of methoxy groups -OCH3 is 1. The Morgan fingerprint density at radius 2 is 2.03 bits per heavy atom. The molecule has 0 aliphatic carbocycles. The molecule has 1 N–H and O–H groups in total. The minimum Gasteiger partial charge on any atom is -0.497 e. The van der Waals surface area contributed by atoms with E-state index in [9.17, 15) is 4.79 Å². The van der Waals surface area contributed by atoms with Crippen molar-refractivity contribution in [2.24, 2.45) is 0 Å².